The Hall–Kier alpha value is -1.82. The van der Waals surface area contributed by atoms with Gasteiger partial charge in [-0.05, 0) is 31.5 Å². The van der Waals surface area contributed by atoms with Gasteiger partial charge in [-0.3, -0.25) is 4.79 Å². The lowest BCUT2D eigenvalue weighted by Gasteiger charge is -2.27. The molecule has 1 aromatic carbocycles. The third-order valence-corrected chi connectivity index (χ3v) is 4.21. The average molecular weight is 296 g/mol. The minimum absolute atomic E-state index is 0.304. The monoisotopic (exact) mass is 296 g/mol. The van der Waals surface area contributed by atoms with Gasteiger partial charge in [0, 0.05) is 11.6 Å². The molecule has 0 bridgehead atoms. The first-order chi connectivity index (χ1) is 9.46. The molecule has 2 rings (SSSR count). The van der Waals surface area contributed by atoms with Crippen LogP contribution in [0.1, 0.15) is 35.6 Å². The first-order valence-electron chi connectivity index (χ1n) is 6.14. The molecule has 1 atom stereocenters. The Morgan fingerprint density at radius 1 is 1.45 bits per heavy atom. The topological polar surface area (TPSA) is 42.0 Å². The van der Waals surface area contributed by atoms with Gasteiger partial charge in [0.15, 0.2) is 0 Å². The van der Waals surface area contributed by atoms with Gasteiger partial charge in [0.25, 0.3) is 5.91 Å². The molecule has 1 aromatic heterocycles. The molecule has 0 aliphatic heterocycles. The minimum atomic E-state index is -0.749. The Balaban J connectivity index is 2.28. The largest absolute Gasteiger partial charge is 0.340 e. The highest BCUT2D eigenvalue weighted by atomic mass is 32.1. The molecule has 0 unspecified atom stereocenters. The molecule has 6 heteroatoms. The Kier molecular flexibility index (Phi) is 4.13. The summed E-state index contributed by atoms with van der Waals surface area (Å²) in [7, 11) is 0. The quantitative estimate of drug-likeness (QED) is 0.938. The zero-order chi connectivity index (χ0) is 14.8. The maximum atomic E-state index is 13.6. The Labute approximate surface area is 119 Å². The van der Waals surface area contributed by atoms with E-state index in [0.717, 1.165) is 23.2 Å². The van der Waals surface area contributed by atoms with Crippen LogP contribution in [0.3, 0.4) is 0 Å². The van der Waals surface area contributed by atoms with Gasteiger partial charge < -0.3 is 5.32 Å². The van der Waals surface area contributed by atoms with E-state index >= 15 is 0 Å². The fraction of sp³-hybridized carbons (Fsp3) is 0.286. The summed E-state index contributed by atoms with van der Waals surface area (Å²) in [6.07, 6.45) is 2.23. The number of rotatable bonds is 4. The molecule has 0 fully saturated rings. The number of aromatic nitrogens is 1. The fourth-order valence-electron chi connectivity index (χ4n) is 1.78. The van der Waals surface area contributed by atoms with Crippen molar-refractivity contribution >= 4 is 17.2 Å². The molecule has 106 valence electrons. The van der Waals surface area contributed by atoms with Gasteiger partial charge in [-0.15, -0.1) is 11.3 Å². The molecule has 0 aliphatic carbocycles. The van der Waals surface area contributed by atoms with Crippen molar-refractivity contribution < 1.29 is 13.6 Å². The highest BCUT2D eigenvalue weighted by molar-refractivity contribution is 7.09. The van der Waals surface area contributed by atoms with Crippen molar-refractivity contribution in [3.63, 3.8) is 0 Å². The summed E-state index contributed by atoms with van der Waals surface area (Å²) in [6.45, 7) is 3.70. The van der Waals surface area contributed by atoms with Gasteiger partial charge in [0.2, 0.25) is 0 Å². The van der Waals surface area contributed by atoms with Crippen LogP contribution < -0.4 is 5.32 Å². The zero-order valence-corrected chi connectivity index (χ0v) is 11.9. The SMILES string of the molecule is CC[C@@](C)(NC(=O)c1cc(F)ccc1F)c1nccs1. The molecule has 0 spiro atoms. The van der Waals surface area contributed by atoms with Crippen LogP contribution in [0.5, 0.6) is 0 Å². The summed E-state index contributed by atoms with van der Waals surface area (Å²) in [5.41, 5.74) is -1.01. The summed E-state index contributed by atoms with van der Waals surface area (Å²) >= 11 is 1.41. The van der Waals surface area contributed by atoms with Crippen LogP contribution in [0.25, 0.3) is 0 Å². The van der Waals surface area contributed by atoms with Crippen LogP contribution in [0.4, 0.5) is 8.78 Å². The van der Waals surface area contributed by atoms with Crippen molar-refractivity contribution in [3.05, 3.63) is 52.0 Å². The molecule has 0 radical (unpaired) electrons. The maximum Gasteiger partial charge on any atom is 0.255 e. The van der Waals surface area contributed by atoms with Gasteiger partial charge in [0.05, 0.1) is 11.1 Å². The third-order valence-electron chi connectivity index (χ3n) is 3.17. The van der Waals surface area contributed by atoms with Crippen LogP contribution >= 0.6 is 11.3 Å². The number of carbonyl (C=O) groups excluding carboxylic acids is 1. The van der Waals surface area contributed by atoms with E-state index in [1.165, 1.54) is 11.3 Å². The van der Waals surface area contributed by atoms with Crippen molar-refractivity contribution in [2.45, 2.75) is 25.8 Å². The van der Waals surface area contributed by atoms with E-state index in [-0.39, 0.29) is 5.56 Å². The third kappa shape index (κ3) is 2.85. The highest BCUT2D eigenvalue weighted by Gasteiger charge is 2.30. The molecule has 20 heavy (non-hydrogen) atoms. The molecule has 0 saturated carbocycles. The number of nitrogens with one attached hydrogen (secondary N) is 1. The molecule has 3 nitrogen and oxygen atoms in total. The normalized spacial score (nSPS) is 13.8. The second kappa shape index (κ2) is 5.66. The predicted octanol–water partition coefficient (Wildman–Crippen LogP) is 3.48. The fourth-order valence-corrected chi connectivity index (χ4v) is 2.61. The van der Waals surface area contributed by atoms with Crippen molar-refractivity contribution in [2.75, 3.05) is 0 Å². The predicted molar refractivity (Wildman–Crippen MR) is 73.6 cm³/mol. The smallest absolute Gasteiger partial charge is 0.255 e. The van der Waals surface area contributed by atoms with E-state index in [4.69, 9.17) is 0 Å². The molecule has 0 aliphatic rings. The minimum Gasteiger partial charge on any atom is -0.340 e. The number of hydrogen-bond acceptors (Lipinski definition) is 3. The van der Waals surface area contributed by atoms with Crippen molar-refractivity contribution in [3.8, 4) is 0 Å². The molecular weight excluding hydrogens is 282 g/mol. The van der Waals surface area contributed by atoms with E-state index in [1.54, 1.807) is 18.5 Å². The summed E-state index contributed by atoms with van der Waals surface area (Å²) in [4.78, 5) is 16.3. The highest BCUT2D eigenvalue weighted by Crippen LogP contribution is 2.27. The van der Waals surface area contributed by atoms with E-state index < -0.39 is 23.1 Å². The van der Waals surface area contributed by atoms with Gasteiger partial charge in [0.1, 0.15) is 16.6 Å². The lowest BCUT2D eigenvalue weighted by Crippen LogP contribution is -2.43. The lowest BCUT2D eigenvalue weighted by molar-refractivity contribution is 0.0897. The molecule has 0 saturated heterocycles. The summed E-state index contributed by atoms with van der Waals surface area (Å²) in [6, 6.07) is 2.81. The number of carbonyl (C=O) groups is 1. The van der Waals surface area contributed by atoms with Gasteiger partial charge in [-0.2, -0.15) is 0 Å². The molecule has 1 N–H and O–H groups in total. The summed E-state index contributed by atoms with van der Waals surface area (Å²) < 4.78 is 26.7. The van der Waals surface area contributed by atoms with E-state index in [2.05, 4.69) is 10.3 Å². The van der Waals surface area contributed by atoms with Crippen LogP contribution in [-0.4, -0.2) is 10.9 Å². The van der Waals surface area contributed by atoms with Gasteiger partial charge >= 0.3 is 0 Å². The average Bonchev–Trinajstić information content (AvgIpc) is 2.96. The number of thiazole rings is 1. The summed E-state index contributed by atoms with van der Waals surface area (Å²) in [5.74, 6) is -2.05. The molecule has 1 amide bonds. The zero-order valence-electron chi connectivity index (χ0n) is 11.1. The first-order valence-corrected chi connectivity index (χ1v) is 7.02. The number of benzene rings is 1. The van der Waals surface area contributed by atoms with Crippen LogP contribution in [0.15, 0.2) is 29.8 Å². The second-order valence-corrected chi connectivity index (χ2v) is 5.50. The molecule has 2 aromatic rings. The Morgan fingerprint density at radius 3 is 2.80 bits per heavy atom. The van der Waals surface area contributed by atoms with Gasteiger partial charge in [-0.25, -0.2) is 13.8 Å². The van der Waals surface area contributed by atoms with Crippen molar-refractivity contribution in [2.24, 2.45) is 0 Å². The number of hydrogen-bond donors (Lipinski definition) is 1. The van der Waals surface area contributed by atoms with Crippen LogP contribution in [-0.2, 0) is 5.54 Å². The van der Waals surface area contributed by atoms with Crippen molar-refractivity contribution in [1.82, 2.24) is 10.3 Å². The Bertz CT molecular complexity index is 616. The number of halogens is 2. The standard InChI is InChI=1S/C14H14F2N2OS/c1-3-14(2,13-17-6-7-20-13)18-12(19)10-8-9(15)4-5-11(10)16/h4-8H,3H2,1-2H3,(H,18,19)/t14-/m1/s1. The number of nitrogens with zero attached hydrogens (tertiary/aromatic N) is 1. The van der Waals surface area contributed by atoms with Crippen LogP contribution in [0.2, 0.25) is 0 Å². The van der Waals surface area contributed by atoms with E-state index in [1.807, 2.05) is 6.92 Å². The van der Waals surface area contributed by atoms with Gasteiger partial charge in [-0.1, -0.05) is 6.92 Å². The van der Waals surface area contributed by atoms with E-state index in [9.17, 15) is 13.6 Å². The maximum absolute atomic E-state index is 13.6. The number of amides is 1. The van der Waals surface area contributed by atoms with E-state index in [0.29, 0.717) is 6.42 Å². The summed E-state index contributed by atoms with van der Waals surface area (Å²) in [5, 5.41) is 5.26. The van der Waals surface area contributed by atoms with Crippen LogP contribution in [0, 0.1) is 11.6 Å². The first kappa shape index (κ1) is 14.6. The Morgan fingerprint density at radius 2 is 2.20 bits per heavy atom. The van der Waals surface area contributed by atoms with Crippen molar-refractivity contribution in [1.29, 1.82) is 0 Å². The lowest BCUT2D eigenvalue weighted by atomic mass is 9.99. The molecular formula is C14H14F2N2OS. The molecule has 1 heterocycles. The second-order valence-electron chi connectivity index (χ2n) is 4.60.